The molecule has 3 rings (SSSR count). The Bertz CT molecular complexity index is 822. The summed E-state index contributed by atoms with van der Waals surface area (Å²) in [5.41, 5.74) is 1.29. The van der Waals surface area contributed by atoms with Gasteiger partial charge in [0.05, 0.1) is 23.6 Å². The van der Waals surface area contributed by atoms with E-state index in [9.17, 15) is 18.1 Å². The fourth-order valence-corrected chi connectivity index (χ4v) is 4.53. The Balaban J connectivity index is 1.89. The molecule has 25 heavy (non-hydrogen) atoms. The molecule has 0 fully saturated rings. The van der Waals surface area contributed by atoms with Crippen LogP contribution in [0.4, 0.5) is 14.5 Å². The summed E-state index contributed by atoms with van der Waals surface area (Å²) in [6.45, 7) is 4.54. The summed E-state index contributed by atoms with van der Waals surface area (Å²) >= 11 is -1.32. The molecule has 1 aromatic carbocycles. The van der Waals surface area contributed by atoms with Crippen molar-refractivity contribution >= 4 is 23.0 Å². The summed E-state index contributed by atoms with van der Waals surface area (Å²) in [5, 5.41) is 2.57. The van der Waals surface area contributed by atoms with Crippen LogP contribution in [0.5, 0.6) is 0 Å². The molecule has 134 valence electrons. The van der Waals surface area contributed by atoms with Crippen LogP contribution in [0.25, 0.3) is 0 Å². The Labute approximate surface area is 147 Å². The van der Waals surface area contributed by atoms with Gasteiger partial charge in [-0.1, -0.05) is 0 Å². The zero-order valence-corrected chi connectivity index (χ0v) is 15.0. The number of aromatic nitrogens is 1. The molecule has 2 aromatic rings. The number of benzene rings is 1. The maximum atomic E-state index is 13.3. The van der Waals surface area contributed by atoms with Gasteiger partial charge in [0.2, 0.25) is 0 Å². The van der Waals surface area contributed by atoms with Gasteiger partial charge in [0.15, 0.2) is 16.5 Å². The fraction of sp³-hybridized carbons (Fsp3) is 0.353. The van der Waals surface area contributed by atoms with E-state index in [2.05, 4.69) is 5.32 Å². The minimum atomic E-state index is -1.32. The lowest BCUT2D eigenvalue weighted by Crippen LogP contribution is -2.41. The molecule has 1 N–H and O–H groups in total. The molecule has 0 saturated carbocycles. The third kappa shape index (κ3) is 3.29. The van der Waals surface area contributed by atoms with E-state index in [1.165, 1.54) is 6.07 Å². The Hall–Kier alpha value is -1.90. The van der Waals surface area contributed by atoms with E-state index in [1.807, 2.05) is 18.2 Å². The zero-order valence-electron chi connectivity index (χ0n) is 14.2. The van der Waals surface area contributed by atoms with Crippen LogP contribution < -0.4 is 5.32 Å². The van der Waals surface area contributed by atoms with E-state index in [4.69, 9.17) is 0 Å². The SMILES string of the molecule is CC(C)N1CCc2c(cn(C)c2C(=O)Nc2ccc(F)c(F)c2)[S+]1[O-]. The molecule has 2 heterocycles. The maximum Gasteiger partial charge on any atom is 0.272 e. The van der Waals surface area contributed by atoms with Gasteiger partial charge in [-0.2, -0.15) is 0 Å². The van der Waals surface area contributed by atoms with Crippen molar-refractivity contribution in [3.63, 3.8) is 0 Å². The largest absolute Gasteiger partial charge is 0.593 e. The third-order valence-corrected chi connectivity index (χ3v) is 5.96. The molecule has 1 atom stereocenters. The average molecular weight is 367 g/mol. The van der Waals surface area contributed by atoms with Crippen molar-refractivity contribution in [2.45, 2.75) is 31.2 Å². The molecular weight excluding hydrogens is 348 g/mol. The minimum Gasteiger partial charge on any atom is -0.593 e. The van der Waals surface area contributed by atoms with Gasteiger partial charge >= 0.3 is 0 Å². The highest BCUT2D eigenvalue weighted by Crippen LogP contribution is 2.31. The maximum absolute atomic E-state index is 13.3. The van der Waals surface area contributed by atoms with Crippen LogP contribution in [0.15, 0.2) is 29.3 Å². The smallest absolute Gasteiger partial charge is 0.272 e. The number of hydrogen-bond donors (Lipinski definition) is 1. The standard InChI is InChI=1S/C17H19F2N3O2S/c1-10(2)22-7-6-12-15(25(22)24)9-21(3)16(12)17(23)20-11-4-5-13(18)14(19)8-11/h4-5,8-10H,6-7H2,1-3H3,(H,20,23). The van der Waals surface area contributed by atoms with E-state index in [0.29, 0.717) is 23.6 Å². The van der Waals surface area contributed by atoms with Crippen LogP contribution in [-0.4, -0.2) is 31.9 Å². The molecule has 0 spiro atoms. The lowest BCUT2D eigenvalue weighted by atomic mass is 10.1. The van der Waals surface area contributed by atoms with Gasteiger partial charge in [-0.25, -0.2) is 8.78 Å². The quantitative estimate of drug-likeness (QED) is 0.849. The van der Waals surface area contributed by atoms with Crippen LogP contribution in [0.1, 0.15) is 29.9 Å². The Kier molecular flexibility index (Phi) is 4.86. The number of anilines is 1. The van der Waals surface area contributed by atoms with Gasteiger partial charge in [0.1, 0.15) is 5.69 Å². The number of halogens is 2. The predicted octanol–water partition coefficient (Wildman–Crippen LogP) is 2.84. The van der Waals surface area contributed by atoms with Gasteiger partial charge in [0, 0.05) is 30.9 Å². The second-order valence-corrected chi connectivity index (χ2v) is 7.66. The summed E-state index contributed by atoms with van der Waals surface area (Å²) in [5.74, 6) is -2.44. The number of carbonyl (C=O) groups excluding carboxylic acids is 1. The Morgan fingerprint density at radius 3 is 2.68 bits per heavy atom. The molecule has 1 aliphatic heterocycles. The summed E-state index contributed by atoms with van der Waals surface area (Å²) < 4.78 is 42.5. The second kappa shape index (κ2) is 6.78. The first-order valence-electron chi connectivity index (χ1n) is 7.92. The summed E-state index contributed by atoms with van der Waals surface area (Å²) in [7, 11) is 1.70. The van der Waals surface area contributed by atoms with Crippen LogP contribution in [0, 0.1) is 11.6 Å². The van der Waals surface area contributed by atoms with Gasteiger partial charge < -0.3 is 14.4 Å². The lowest BCUT2D eigenvalue weighted by Gasteiger charge is -2.30. The summed E-state index contributed by atoms with van der Waals surface area (Å²) in [6, 6.07) is 3.32. The third-order valence-electron chi connectivity index (χ3n) is 4.20. The van der Waals surface area contributed by atoms with Crippen molar-refractivity contribution in [3.05, 3.63) is 47.3 Å². The number of nitrogens with zero attached hydrogens (tertiary/aromatic N) is 2. The topological polar surface area (TPSA) is 60.3 Å². The summed E-state index contributed by atoms with van der Waals surface area (Å²) in [6.07, 6.45) is 2.29. The fourth-order valence-electron chi connectivity index (χ4n) is 2.98. The average Bonchev–Trinajstić information content (AvgIpc) is 2.88. The number of aryl methyl sites for hydroxylation is 1. The monoisotopic (exact) mass is 367 g/mol. The molecule has 0 radical (unpaired) electrons. The Morgan fingerprint density at radius 2 is 2.04 bits per heavy atom. The van der Waals surface area contributed by atoms with Crippen LogP contribution in [0.2, 0.25) is 0 Å². The van der Waals surface area contributed by atoms with Crippen molar-refractivity contribution in [1.82, 2.24) is 8.87 Å². The molecule has 1 amide bonds. The van der Waals surface area contributed by atoms with Gasteiger partial charge in [0.25, 0.3) is 5.91 Å². The van der Waals surface area contributed by atoms with Crippen molar-refractivity contribution < 1.29 is 18.1 Å². The van der Waals surface area contributed by atoms with Crippen LogP contribution in [0.3, 0.4) is 0 Å². The molecule has 5 nitrogen and oxygen atoms in total. The highest BCUT2D eigenvalue weighted by atomic mass is 32.2. The van der Waals surface area contributed by atoms with Crippen LogP contribution >= 0.6 is 0 Å². The Morgan fingerprint density at radius 1 is 1.32 bits per heavy atom. The lowest BCUT2D eigenvalue weighted by molar-refractivity contribution is 0.101. The predicted molar refractivity (Wildman–Crippen MR) is 91.7 cm³/mol. The zero-order chi connectivity index (χ0) is 18.3. The second-order valence-electron chi connectivity index (χ2n) is 6.25. The van der Waals surface area contributed by atoms with Gasteiger partial charge in [-0.05, 0) is 32.4 Å². The van der Waals surface area contributed by atoms with Crippen molar-refractivity contribution in [1.29, 1.82) is 0 Å². The van der Waals surface area contributed by atoms with Crippen molar-refractivity contribution in [2.75, 3.05) is 11.9 Å². The number of hydrogen-bond acceptors (Lipinski definition) is 3. The highest BCUT2D eigenvalue weighted by Gasteiger charge is 2.37. The normalized spacial score (nSPS) is 17.6. The van der Waals surface area contributed by atoms with Crippen molar-refractivity contribution in [3.8, 4) is 0 Å². The minimum absolute atomic E-state index is 0.133. The molecule has 0 bridgehead atoms. The molecule has 1 unspecified atom stereocenters. The number of carbonyl (C=O) groups is 1. The highest BCUT2D eigenvalue weighted by molar-refractivity contribution is 7.89. The number of fused-ring (bicyclic) bond motifs is 1. The van der Waals surface area contributed by atoms with E-state index in [0.717, 1.165) is 17.7 Å². The van der Waals surface area contributed by atoms with Crippen molar-refractivity contribution in [2.24, 2.45) is 7.05 Å². The molecule has 8 heteroatoms. The summed E-state index contributed by atoms with van der Waals surface area (Å²) in [4.78, 5) is 13.2. The van der Waals surface area contributed by atoms with E-state index in [1.54, 1.807) is 17.8 Å². The van der Waals surface area contributed by atoms with Crippen LogP contribution in [-0.2, 0) is 24.8 Å². The van der Waals surface area contributed by atoms with Gasteiger partial charge in [-0.15, -0.1) is 4.31 Å². The molecule has 0 saturated heterocycles. The molecule has 1 aromatic heterocycles. The first kappa shape index (κ1) is 17.9. The molecule has 1 aliphatic rings. The number of nitrogens with one attached hydrogen (secondary N) is 1. The number of rotatable bonds is 3. The van der Waals surface area contributed by atoms with E-state index >= 15 is 0 Å². The van der Waals surface area contributed by atoms with E-state index in [-0.39, 0.29) is 11.7 Å². The molecule has 0 aliphatic carbocycles. The van der Waals surface area contributed by atoms with Gasteiger partial charge in [-0.3, -0.25) is 4.79 Å². The number of amides is 1. The first-order chi connectivity index (χ1) is 11.8. The first-order valence-corrected chi connectivity index (χ1v) is 9.03. The van der Waals surface area contributed by atoms with E-state index < -0.39 is 28.9 Å². The molecular formula is C17H19F2N3O2S.